The first-order valence-electron chi connectivity index (χ1n) is 9.77. The molecule has 0 spiro atoms. The number of benzene rings is 2. The molecule has 1 aromatic heterocycles. The van der Waals surface area contributed by atoms with Crippen molar-refractivity contribution in [2.75, 3.05) is 25.1 Å². The van der Waals surface area contributed by atoms with Crippen molar-refractivity contribution in [3.8, 4) is 11.4 Å². The van der Waals surface area contributed by atoms with Crippen LogP contribution in [0, 0.1) is 0 Å². The van der Waals surface area contributed by atoms with E-state index in [1.165, 1.54) is 12.7 Å². The third-order valence-corrected chi connectivity index (χ3v) is 4.99. The predicted molar refractivity (Wildman–Crippen MR) is 113 cm³/mol. The number of amides is 2. The highest BCUT2D eigenvalue weighted by Gasteiger charge is 2.21. The molecule has 2 aromatic carbocycles. The highest BCUT2D eigenvalue weighted by molar-refractivity contribution is 5.96. The van der Waals surface area contributed by atoms with Gasteiger partial charge in [0.2, 0.25) is 0 Å². The van der Waals surface area contributed by atoms with Gasteiger partial charge in [-0.25, -0.2) is 4.68 Å². The van der Waals surface area contributed by atoms with Gasteiger partial charge in [0.25, 0.3) is 11.8 Å². The zero-order chi connectivity index (χ0) is 20.9. The lowest BCUT2D eigenvalue weighted by Crippen LogP contribution is -2.47. The number of carbonyl (C=O) groups is 2. The van der Waals surface area contributed by atoms with Crippen molar-refractivity contribution >= 4 is 17.5 Å². The van der Waals surface area contributed by atoms with Crippen LogP contribution < -0.4 is 20.5 Å². The van der Waals surface area contributed by atoms with Gasteiger partial charge in [0.1, 0.15) is 0 Å². The van der Waals surface area contributed by atoms with E-state index in [2.05, 4.69) is 22.0 Å². The molecule has 0 unspecified atom stereocenters. The monoisotopic (exact) mass is 405 g/mol. The second kappa shape index (κ2) is 8.69. The fourth-order valence-corrected chi connectivity index (χ4v) is 3.55. The molecule has 30 heavy (non-hydrogen) atoms. The van der Waals surface area contributed by atoms with Crippen molar-refractivity contribution in [1.82, 2.24) is 20.6 Å². The van der Waals surface area contributed by atoms with E-state index in [9.17, 15) is 9.59 Å². The first-order valence-corrected chi connectivity index (χ1v) is 9.77. The number of fused-ring (bicyclic) bond motifs is 1. The number of nitrogens with zero attached hydrogens (tertiary/aromatic N) is 3. The highest BCUT2D eigenvalue weighted by Crippen LogP contribution is 2.26. The Bertz CT molecular complexity index is 1050. The number of hydrogen-bond acceptors (Lipinski definition) is 5. The minimum atomic E-state index is -0.547. The summed E-state index contributed by atoms with van der Waals surface area (Å²) in [5.41, 5.74) is 8.08. The van der Waals surface area contributed by atoms with Gasteiger partial charge < -0.3 is 9.64 Å². The molecule has 0 saturated heterocycles. The van der Waals surface area contributed by atoms with E-state index in [0.717, 1.165) is 30.8 Å². The van der Waals surface area contributed by atoms with Crippen LogP contribution in [0.3, 0.4) is 0 Å². The number of aromatic nitrogens is 2. The normalized spacial score (nSPS) is 12.8. The van der Waals surface area contributed by atoms with Crippen molar-refractivity contribution in [2.24, 2.45) is 0 Å². The summed E-state index contributed by atoms with van der Waals surface area (Å²) in [5.74, 6) is -0.536. The zero-order valence-electron chi connectivity index (χ0n) is 16.7. The molecule has 2 N–H and O–H groups in total. The van der Waals surface area contributed by atoms with Gasteiger partial charge in [-0.05, 0) is 36.6 Å². The summed E-state index contributed by atoms with van der Waals surface area (Å²) < 4.78 is 6.83. The van der Waals surface area contributed by atoms with E-state index in [-0.39, 0.29) is 18.1 Å². The first-order chi connectivity index (χ1) is 14.7. The number of para-hydroxylation sites is 2. The summed E-state index contributed by atoms with van der Waals surface area (Å²) in [7, 11) is 1.47. The molecule has 0 atom stereocenters. The average molecular weight is 405 g/mol. The van der Waals surface area contributed by atoms with E-state index < -0.39 is 5.91 Å². The lowest BCUT2D eigenvalue weighted by molar-refractivity contribution is -0.120. The first kappa shape index (κ1) is 19.5. The van der Waals surface area contributed by atoms with Gasteiger partial charge in [0.15, 0.2) is 11.4 Å². The Morgan fingerprint density at radius 1 is 1.07 bits per heavy atom. The van der Waals surface area contributed by atoms with E-state index in [0.29, 0.717) is 5.75 Å². The SMILES string of the molecule is COc1cn(-c2ccccc2)nc1C(=O)NNC(=O)CN1CCCc2ccccc21. The zero-order valence-corrected chi connectivity index (χ0v) is 16.7. The Balaban J connectivity index is 1.39. The van der Waals surface area contributed by atoms with Gasteiger partial charge in [-0.2, -0.15) is 5.10 Å². The second-order valence-electron chi connectivity index (χ2n) is 6.98. The van der Waals surface area contributed by atoms with Crippen LogP contribution in [0.4, 0.5) is 5.69 Å². The number of nitrogens with one attached hydrogen (secondary N) is 2. The number of ether oxygens (including phenoxy) is 1. The average Bonchev–Trinajstić information content (AvgIpc) is 3.23. The predicted octanol–water partition coefficient (Wildman–Crippen LogP) is 2.09. The number of hydrazine groups is 1. The lowest BCUT2D eigenvalue weighted by Gasteiger charge is -2.30. The Kier molecular flexibility index (Phi) is 5.65. The van der Waals surface area contributed by atoms with E-state index in [1.807, 2.05) is 53.4 Å². The number of aryl methyl sites for hydroxylation is 1. The molecule has 4 rings (SSSR count). The van der Waals surface area contributed by atoms with E-state index >= 15 is 0 Å². The van der Waals surface area contributed by atoms with Gasteiger partial charge in [-0.3, -0.25) is 20.4 Å². The van der Waals surface area contributed by atoms with E-state index in [4.69, 9.17) is 4.74 Å². The standard InChI is InChI=1S/C22H23N5O3/c1-30-19-14-27(17-10-3-2-4-11-17)25-21(19)22(29)24-23-20(28)15-26-13-7-9-16-8-5-6-12-18(16)26/h2-6,8,10-12,14H,7,9,13,15H2,1H3,(H,23,28)(H,24,29). The summed E-state index contributed by atoms with van der Waals surface area (Å²) in [5, 5.41) is 4.29. The Labute approximate surface area is 174 Å². The molecule has 0 saturated carbocycles. The number of rotatable bonds is 5. The van der Waals surface area contributed by atoms with Crippen LogP contribution in [0.1, 0.15) is 22.5 Å². The minimum absolute atomic E-state index is 0.0879. The molecular weight excluding hydrogens is 382 g/mol. The third-order valence-electron chi connectivity index (χ3n) is 4.99. The molecule has 0 bridgehead atoms. The van der Waals surface area contributed by atoms with Crippen molar-refractivity contribution in [2.45, 2.75) is 12.8 Å². The maximum absolute atomic E-state index is 12.6. The molecule has 0 fully saturated rings. The summed E-state index contributed by atoms with van der Waals surface area (Å²) >= 11 is 0. The molecule has 2 heterocycles. The van der Waals surface area contributed by atoms with Crippen LogP contribution >= 0.6 is 0 Å². The fraction of sp³-hybridized carbons (Fsp3) is 0.227. The Hall–Kier alpha value is -3.81. The molecule has 1 aliphatic rings. The smallest absolute Gasteiger partial charge is 0.294 e. The van der Waals surface area contributed by atoms with Crippen LogP contribution in [0.5, 0.6) is 5.75 Å². The number of methoxy groups -OCH3 is 1. The third kappa shape index (κ3) is 4.12. The van der Waals surface area contributed by atoms with Gasteiger partial charge in [-0.15, -0.1) is 0 Å². The second-order valence-corrected chi connectivity index (χ2v) is 6.98. The van der Waals surface area contributed by atoms with Crippen LogP contribution in [0.15, 0.2) is 60.8 Å². The van der Waals surface area contributed by atoms with Crippen molar-refractivity contribution < 1.29 is 14.3 Å². The van der Waals surface area contributed by atoms with Gasteiger partial charge in [0.05, 0.1) is 25.5 Å². The van der Waals surface area contributed by atoms with Gasteiger partial charge in [-0.1, -0.05) is 36.4 Å². The fourth-order valence-electron chi connectivity index (χ4n) is 3.55. The topological polar surface area (TPSA) is 88.5 Å². The number of anilines is 1. The molecule has 154 valence electrons. The molecule has 0 aliphatic carbocycles. The number of hydrogen-bond donors (Lipinski definition) is 2. The summed E-state index contributed by atoms with van der Waals surface area (Å²) in [6.45, 7) is 0.959. The Morgan fingerprint density at radius 2 is 1.83 bits per heavy atom. The molecule has 0 radical (unpaired) electrons. The van der Waals surface area contributed by atoms with Gasteiger partial charge in [0, 0.05) is 12.2 Å². The molecule has 8 nitrogen and oxygen atoms in total. The van der Waals surface area contributed by atoms with Crippen molar-refractivity contribution in [3.63, 3.8) is 0 Å². The van der Waals surface area contributed by atoms with E-state index in [1.54, 1.807) is 10.9 Å². The maximum Gasteiger partial charge on any atom is 0.294 e. The minimum Gasteiger partial charge on any atom is -0.493 e. The van der Waals surface area contributed by atoms with Crippen LogP contribution in [0.25, 0.3) is 5.69 Å². The summed E-state index contributed by atoms with van der Waals surface area (Å²) in [4.78, 5) is 27.0. The molecule has 1 aliphatic heterocycles. The summed E-state index contributed by atoms with van der Waals surface area (Å²) in [6.07, 6.45) is 3.62. The largest absolute Gasteiger partial charge is 0.493 e. The molecule has 8 heteroatoms. The van der Waals surface area contributed by atoms with Crippen LogP contribution in [0.2, 0.25) is 0 Å². The Morgan fingerprint density at radius 3 is 2.63 bits per heavy atom. The molecule has 3 aromatic rings. The van der Waals surface area contributed by atoms with Gasteiger partial charge >= 0.3 is 0 Å². The highest BCUT2D eigenvalue weighted by atomic mass is 16.5. The van der Waals surface area contributed by atoms with Crippen LogP contribution in [-0.4, -0.2) is 41.8 Å². The molecule has 2 amide bonds. The maximum atomic E-state index is 12.6. The quantitative estimate of drug-likeness (QED) is 0.635. The molecular formula is C22H23N5O3. The number of carbonyl (C=O) groups excluding carboxylic acids is 2. The lowest BCUT2D eigenvalue weighted by atomic mass is 10.0. The van der Waals surface area contributed by atoms with Crippen molar-refractivity contribution in [1.29, 1.82) is 0 Å². The van der Waals surface area contributed by atoms with Crippen molar-refractivity contribution in [3.05, 3.63) is 72.1 Å². The van der Waals surface area contributed by atoms with Crippen LogP contribution in [-0.2, 0) is 11.2 Å². The summed E-state index contributed by atoms with van der Waals surface area (Å²) in [6, 6.07) is 17.5.